The van der Waals surface area contributed by atoms with Gasteiger partial charge in [-0.3, -0.25) is 4.79 Å². The minimum atomic E-state index is 0.0878. The van der Waals surface area contributed by atoms with Gasteiger partial charge in [-0.05, 0) is 43.0 Å². The molecule has 1 fully saturated rings. The van der Waals surface area contributed by atoms with Crippen molar-refractivity contribution in [3.8, 4) is 6.07 Å². The molecule has 1 atom stereocenters. The molecule has 0 aliphatic carbocycles. The molecule has 2 heterocycles. The molecule has 1 aliphatic rings. The van der Waals surface area contributed by atoms with Crippen LogP contribution in [0, 0.1) is 11.3 Å². The Morgan fingerprint density at radius 2 is 1.97 bits per heavy atom. The number of anilines is 3. The van der Waals surface area contributed by atoms with E-state index in [1.165, 1.54) is 5.56 Å². The van der Waals surface area contributed by atoms with Crippen LogP contribution >= 0.6 is 0 Å². The predicted molar refractivity (Wildman–Crippen MR) is 134 cm³/mol. The van der Waals surface area contributed by atoms with Crippen LogP contribution in [0.3, 0.4) is 0 Å². The highest BCUT2D eigenvalue weighted by Crippen LogP contribution is 2.23. The quantitative estimate of drug-likeness (QED) is 0.499. The molecule has 4 rings (SSSR count). The van der Waals surface area contributed by atoms with E-state index in [1.807, 2.05) is 36.4 Å². The SMILES string of the molecule is CCCc1cc(N2CC[C@H](NC(=O)CCc3ccccc3)C2)nc(Nc2cccc(C#N)c2)n1. The van der Waals surface area contributed by atoms with Gasteiger partial charge in [-0.1, -0.05) is 49.7 Å². The van der Waals surface area contributed by atoms with Gasteiger partial charge in [-0.2, -0.15) is 10.2 Å². The molecule has 1 amide bonds. The number of hydrogen-bond donors (Lipinski definition) is 2. The van der Waals surface area contributed by atoms with Crippen LogP contribution in [0.15, 0.2) is 60.7 Å². The third-order valence-electron chi connectivity index (χ3n) is 5.88. The van der Waals surface area contributed by atoms with Gasteiger partial charge in [0.1, 0.15) is 5.82 Å². The molecule has 0 spiro atoms. The van der Waals surface area contributed by atoms with Gasteiger partial charge < -0.3 is 15.5 Å². The molecule has 3 aromatic rings. The Balaban J connectivity index is 1.39. The highest BCUT2D eigenvalue weighted by Gasteiger charge is 2.25. The Morgan fingerprint density at radius 1 is 1.12 bits per heavy atom. The molecule has 1 saturated heterocycles. The lowest BCUT2D eigenvalue weighted by Crippen LogP contribution is -2.37. The lowest BCUT2D eigenvalue weighted by atomic mass is 10.1. The van der Waals surface area contributed by atoms with Gasteiger partial charge in [0, 0.05) is 43.0 Å². The third kappa shape index (κ3) is 6.32. The summed E-state index contributed by atoms with van der Waals surface area (Å²) in [6.07, 6.45) is 3.97. The molecule has 2 aromatic carbocycles. The zero-order valence-electron chi connectivity index (χ0n) is 19.5. The molecule has 0 radical (unpaired) electrons. The van der Waals surface area contributed by atoms with Crippen molar-refractivity contribution >= 4 is 23.4 Å². The fourth-order valence-electron chi connectivity index (χ4n) is 4.17. The first-order chi connectivity index (χ1) is 16.6. The number of aryl methyl sites for hydroxylation is 2. The van der Waals surface area contributed by atoms with Gasteiger partial charge in [-0.15, -0.1) is 0 Å². The number of rotatable bonds is 9. The summed E-state index contributed by atoms with van der Waals surface area (Å²) in [4.78, 5) is 24.1. The molecule has 1 aromatic heterocycles. The maximum absolute atomic E-state index is 12.5. The predicted octanol–water partition coefficient (Wildman–Crippen LogP) is 4.37. The first kappa shape index (κ1) is 23.2. The van der Waals surface area contributed by atoms with Crippen molar-refractivity contribution in [1.29, 1.82) is 5.26 Å². The van der Waals surface area contributed by atoms with E-state index in [0.717, 1.165) is 56.0 Å². The van der Waals surface area contributed by atoms with Crippen molar-refractivity contribution in [3.63, 3.8) is 0 Å². The Bertz CT molecular complexity index is 1160. The Morgan fingerprint density at radius 3 is 2.76 bits per heavy atom. The van der Waals surface area contributed by atoms with Crippen molar-refractivity contribution in [2.24, 2.45) is 0 Å². The second-order valence-corrected chi connectivity index (χ2v) is 8.59. The lowest BCUT2D eigenvalue weighted by molar-refractivity contribution is -0.121. The fraction of sp³-hybridized carbons (Fsp3) is 0.333. The van der Waals surface area contributed by atoms with Crippen molar-refractivity contribution in [2.45, 2.75) is 45.1 Å². The fourth-order valence-corrected chi connectivity index (χ4v) is 4.17. The Hall–Kier alpha value is -3.92. The first-order valence-electron chi connectivity index (χ1n) is 11.9. The number of carbonyl (C=O) groups excluding carboxylic acids is 1. The molecule has 2 N–H and O–H groups in total. The zero-order chi connectivity index (χ0) is 23.8. The van der Waals surface area contributed by atoms with E-state index in [1.54, 1.807) is 12.1 Å². The van der Waals surface area contributed by atoms with Crippen molar-refractivity contribution in [1.82, 2.24) is 15.3 Å². The van der Waals surface area contributed by atoms with Crippen LogP contribution in [0.1, 0.15) is 43.0 Å². The van der Waals surface area contributed by atoms with Crippen molar-refractivity contribution in [2.75, 3.05) is 23.3 Å². The molecule has 7 heteroatoms. The smallest absolute Gasteiger partial charge is 0.229 e. The summed E-state index contributed by atoms with van der Waals surface area (Å²) in [5.41, 5.74) is 3.52. The van der Waals surface area contributed by atoms with E-state index in [-0.39, 0.29) is 11.9 Å². The van der Waals surface area contributed by atoms with Crippen molar-refractivity contribution in [3.05, 3.63) is 77.5 Å². The summed E-state index contributed by atoms with van der Waals surface area (Å²) in [5.74, 6) is 1.47. The van der Waals surface area contributed by atoms with Crippen LogP contribution in [0.4, 0.5) is 17.5 Å². The molecule has 34 heavy (non-hydrogen) atoms. The molecule has 0 bridgehead atoms. The van der Waals surface area contributed by atoms with Gasteiger partial charge >= 0.3 is 0 Å². The van der Waals surface area contributed by atoms with E-state index in [2.05, 4.69) is 45.6 Å². The summed E-state index contributed by atoms with van der Waals surface area (Å²) in [7, 11) is 0. The maximum atomic E-state index is 12.5. The van der Waals surface area contributed by atoms with Crippen molar-refractivity contribution < 1.29 is 4.79 Å². The van der Waals surface area contributed by atoms with E-state index >= 15 is 0 Å². The number of hydrogen-bond acceptors (Lipinski definition) is 6. The van der Waals surface area contributed by atoms with Gasteiger partial charge in [0.25, 0.3) is 0 Å². The highest BCUT2D eigenvalue weighted by molar-refractivity contribution is 5.76. The summed E-state index contributed by atoms with van der Waals surface area (Å²) in [6, 6.07) is 21.7. The summed E-state index contributed by atoms with van der Waals surface area (Å²) in [6.45, 7) is 3.68. The van der Waals surface area contributed by atoms with E-state index < -0.39 is 0 Å². The number of nitriles is 1. The maximum Gasteiger partial charge on any atom is 0.229 e. The molecular formula is C27H30N6O. The van der Waals surface area contributed by atoms with Crippen LogP contribution < -0.4 is 15.5 Å². The topological polar surface area (TPSA) is 93.9 Å². The van der Waals surface area contributed by atoms with Crippen LogP contribution in [-0.2, 0) is 17.6 Å². The van der Waals surface area contributed by atoms with Gasteiger partial charge in [0.2, 0.25) is 11.9 Å². The number of benzene rings is 2. The first-order valence-corrected chi connectivity index (χ1v) is 11.9. The summed E-state index contributed by atoms with van der Waals surface area (Å²) < 4.78 is 0. The normalized spacial score (nSPS) is 15.1. The summed E-state index contributed by atoms with van der Waals surface area (Å²) in [5, 5.41) is 15.6. The van der Waals surface area contributed by atoms with E-state index in [4.69, 9.17) is 10.2 Å². The second-order valence-electron chi connectivity index (χ2n) is 8.59. The monoisotopic (exact) mass is 454 g/mol. The molecule has 7 nitrogen and oxygen atoms in total. The largest absolute Gasteiger partial charge is 0.354 e. The number of nitrogens with one attached hydrogen (secondary N) is 2. The number of aromatic nitrogens is 2. The number of nitrogens with zero attached hydrogens (tertiary/aromatic N) is 4. The molecule has 174 valence electrons. The van der Waals surface area contributed by atoms with Crippen LogP contribution in [0.2, 0.25) is 0 Å². The molecule has 0 unspecified atom stereocenters. The standard InChI is InChI=1S/C27H30N6O/c1-2-7-22-17-25(32-27(30-22)31-23-11-6-10-21(16-23)18-28)33-15-14-24(19-33)29-26(34)13-12-20-8-4-3-5-9-20/h3-6,8-11,16-17,24H,2,7,12-15,19H2,1H3,(H,29,34)(H,30,31,32)/t24-/m0/s1. The lowest BCUT2D eigenvalue weighted by Gasteiger charge is -2.20. The minimum Gasteiger partial charge on any atom is -0.354 e. The molecular weight excluding hydrogens is 424 g/mol. The van der Waals surface area contributed by atoms with E-state index in [9.17, 15) is 4.79 Å². The molecule has 0 saturated carbocycles. The number of amides is 1. The Kier molecular flexibility index (Phi) is 7.71. The molecule has 1 aliphatic heterocycles. The minimum absolute atomic E-state index is 0.0878. The summed E-state index contributed by atoms with van der Waals surface area (Å²) >= 11 is 0. The van der Waals surface area contributed by atoms with Crippen LogP contribution in [0.25, 0.3) is 0 Å². The van der Waals surface area contributed by atoms with Crippen LogP contribution in [0.5, 0.6) is 0 Å². The van der Waals surface area contributed by atoms with Gasteiger partial charge in [0.05, 0.1) is 11.6 Å². The number of carbonyl (C=O) groups is 1. The average molecular weight is 455 g/mol. The Labute approximate surface area is 200 Å². The zero-order valence-corrected chi connectivity index (χ0v) is 19.5. The van der Waals surface area contributed by atoms with Crippen LogP contribution in [-0.4, -0.2) is 35.0 Å². The third-order valence-corrected chi connectivity index (χ3v) is 5.88. The van der Waals surface area contributed by atoms with E-state index in [0.29, 0.717) is 17.9 Å². The van der Waals surface area contributed by atoms with Gasteiger partial charge in [-0.25, -0.2) is 4.98 Å². The second kappa shape index (κ2) is 11.3. The van der Waals surface area contributed by atoms with Gasteiger partial charge in [0.15, 0.2) is 0 Å². The average Bonchev–Trinajstić information content (AvgIpc) is 3.32. The highest BCUT2D eigenvalue weighted by atomic mass is 16.1.